The van der Waals surface area contributed by atoms with Crippen LogP contribution in [0.4, 0.5) is 4.39 Å². The fourth-order valence-corrected chi connectivity index (χ4v) is 2.65. The van der Waals surface area contributed by atoms with Gasteiger partial charge in [-0.15, -0.1) is 0 Å². The molecular weight excluding hydrogens is 299 g/mol. The quantitative estimate of drug-likeness (QED) is 0.765. The van der Waals surface area contributed by atoms with Crippen molar-refractivity contribution in [2.24, 2.45) is 0 Å². The summed E-state index contributed by atoms with van der Waals surface area (Å²) < 4.78 is 13.6. The van der Waals surface area contributed by atoms with Crippen molar-refractivity contribution in [2.75, 3.05) is 0 Å². The van der Waals surface area contributed by atoms with Gasteiger partial charge < -0.3 is 10.2 Å². The molecule has 0 aromatic heterocycles. The Morgan fingerprint density at radius 2 is 1.57 bits per heavy atom. The summed E-state index contributed by atoms with van der Waals surface area (Å²) in [7, 11) is 0. The molecule has 0 saturated heterocycles. The lowest BCUT2D eigenvalue weighted by Crippen LogP contribution is -2.05. The van der Waals surface area contributed by atoms with Crippen LogP contribution in [0.5, 0.6) is 0 Å². The SMILES string of the molecule is O=C(O)c1ccc(F)cc1-c1ccc2ccccc2c1C(=O)O. The van der Waals surface area contributed by atoms with Gasteiger partial charge in [0.2, 0.25) is 0 Å². The molecule has 0 spiro atoms. The summed E-state index contributed by atoms with van der Waals surface area (Å²) in [6, 6.07) is 13.3. The molecule has 4 nitrogen and oxygen atoms in total. The van der Waals surface area contributed by atoms with Crippen molar-refractivity contribution in [1.29, 1.82) is 0 Å². The molecule has 3 aromatic rings. The lowest BCUT2D eigenvalue weighted by atomic mass is 9.91. The Balaban J connectivity index is 2.42. The number of benzene rings is 3. The molecule has 3 aromatic carbocycles. The van der Waals surface area contributed by atoms with Crippen molar-refractivity contribution in [3.05, 3.63) is 71.5 Å². The molecule has 0 aliphatic rings. The standard InChI is InChI=1S/C18H11FO4/c19-11-6-8-14(17(20)21)15(9-11)13-7-5-10-3-1-2-4-12(10)16(13)18(22)23/h1-9H,(H,20,21)(H,22,23). The Bertz CT molecular complexity index is 947. The number of rotatable bonds is 3. The molecule has 0 radical (unpaired) electrons. The molecule has 2 N–H and O–H groups in total. The molecule has 0 atom stereocenters. The monoisotopic (exact) mass is 310 g/mol. The fourth-order valence-electron chi connectivity index (χ4n) is 2.65. The van der Waals surface area contributed by atoms with Crippen LogP contribution in [0.15, 0.2) is 54.6 Å². The first-order valence-electron chi connectivity index (χ1n) is 6.77. The highest BCUT2D eigenvalue weighted by molar-refractivity contribution is 6.11. The maximum Gasteiger partial charge on any atom is 0.336 e. The third-order valence-electron chi connectivity index (χ3n) is 3.65. The average molecular weight is 310 g/mol. The Hall–Kier alpha value is -3.21. The summed E-state index contributed by atoms with van der Waals surface area (Å²) in [5, 5.41) is 20.1. The van der Waals surface area contributed by atoms with Crippen LogP contribution in [-0.4, -0.2) is 22.2 Å². The van der Waals surface area contributed by atoms with Crippen molar-refractivity contribution in [3.8, 4) is 11.1 Å². The van der Waals surface area contributed by atoms with E-state index in [9.17, 15) is 24.2 Å². The molecule has 0 saturated carbocycles. The van der Waals surface area contributed by atoms with E-state index in [0.717, 1.165) is 18.2 Å². The predicted octanol–water partition coefficient (Wildman–Crippen LogP) is 4.04. The van der Waals surface area contributed by atoms with E-state index in [1.807, 2.05) is 0 Å². The molecule has 3 rings (SSSR count). The fraction of sp³-hybridized carbons (Fsp3) is 0. The molecule has 0 aliphatic carbocycles. The van der Waals surface area contributed by atoms with Crippen molar-refractivity contribution < 1.29 is 24.2 Å². The Labute approximate surface area is 130 Å². The third-order valence-corrected chi connectivity index (χ3v) is 3.65. The summed E-state index contributed by atoms with van der Waals surface area (Å²) in [4.78, 5) is 23.1. The van der Waals surface area contributed by atoms with Crippen LogP contribution in [-0.2, 0) is 0 Å². The molecule has 0 unspecified atom stereocenters. The van der Waals surface area contributed by atoms with Crippen LogP contribution in [0.25, 0.3) is 21.9 Å². The first kappa shape index (κ1) is 14.7. The molecule has 0 fully saturated rings. The first-order valence-corrected chi connectivity index (χ1v) is 6.77. The highest BCUT2D eigenvalue weighted by atomic mass is 19.1. The number of fused-ring (bicyclic) bond motifs is 1. The van der Waals surface area contributed by atoms with E-state index < -0.39 is 17.8 Å². The van der Waals surface area contributed by atoms with Crippen LogP contribution in [0.3, 0.4) is 0 Å². The molecule has 0 heterocycles. The Kier molecular flexibility index (Phi) is 3.54. The molecule has 0 aliphatic heterocycles. The number of carboxylic acid groups (broad SMARTS) is 2. The van der Waals surface area contributed by atoms with E-state index in [4.69, 9.17) is 0 Å². The minimum absolute atomic E-state index is 0.0423. The number of carbonyl (C=O) groups is 2. The van der Waals surface area contributed by atoms with E-state index in [1.165, 1.54) is 6.07 Å². The maximum absolute atomic E-state index is 13.6. The summed E-state index contributed by atoms with van der Waals surface area (Å²) in [5.41, 5.74) is 0.0223. The van der Waals surface area contributed by atoms with Crippen LogP contribution < -0.4 is 0 Å². The first-order chi connectivity index (χ1) is 11.0. The van der Waals surface area contributed by atoms with Crippen molar-refractivity contribution in [3.63, 3.8) is 0 Å². The topological polar surface area (TPSA) is 74.6 Å². The zero-order valence-corrected chi connectivity index (χ0v) is 11.8. The lowest BCUT2D eigenvalue weighted by molar-refractivity contribution is 0.0685. The van der Waals surface area contributed by atoms with Crippen LogP contribution >= 0.6 is 0 Å². The Morgan fingerprint density at radius 1 is 0.826 bits per heavy atom. The van der Waals surface area contributed by atoms with Gasteiger partial charge in [0, 0.05) is 0 Å². The van der Waals surface area contributed by atoms with Gasteiger partial charge in [-0.2, -0.15) is 0 Å². The number of carboxylic acids is 2. The summed E-state index contributed by atoms with van der Waals surface area (Å²) >= 11 is 0. The van der Waals surface area contributed by atoms with E-state index in [0.29, 0.717) is 10.8 Å². The number of halogens is 1. The number of hydrogen-bond donors (Lipinski definition) is 2. The van der Waals surface area contributed by atoms with Crippen LogP contribution in [0, 0.1) is 5.82 Å². The van der Waals surface area contributed by atoms with Crippen molar-refractivity contribution in [2.45, 2.75) is 0 Å². The molecule has 5 heteroatoms. The summed E-state index contributed by atoms with van der Waals surface area (Å²) in [6.45, 7) is 0. The zero-order chi connectivity index (χ0) is 16.6. The zero-order valence-electron chi connectivity index (χ0n) is 11.8. The second-order valence-corrected chi connectivity index (χ2v) is 5.01. The molecule has 114 valence electrons. The molecule has 0 amide bonds. The molecule has 0 bridgehead atoms. The van der Waals surface area contributed by atoms with Crippen molar-refractivity contribution >= 4 is 22.7 Å². The van der Waals surface area contributed by atoms with Gasteiger partial charge in [0.15, 0.2) is 0 Å². The van der Waals surface area contributed by atoms with Crippen LogP contribution in [0.2, 0.25) is 0 Å². The van der Waals surface area contributed by atoms with Crippen molar-refractivity contribution in [1.82, 2.24) is 0 Å². The van der Waals surface area contributed by atoms with Gasteiger partial charge in [-0.1, -0.05) is 36.4 Å². The second-order valence-electron chi connectivity index (χ2n) is 5.01. The molecular formula is C18H11FO4. The van der Waals surface area contributed by atoms with Gasteiger partial charge in [0.1, 0.15) is 5.82 Å². The number of hydrogen-bond acceptors (Lipinski definition) is 2. The predicted molar refractivity (Wildman–Crippen MR) is 83.3 cm³/mol. The minimum atomic E-state index is -1.25. The van der Waals surface area contributed by atoms with E-state index in [-0.39, 0.29) is 22.3 Å². The smallest absolute Gasteiger partial charge is 0.336 e. The van der Waals surface area contributed by atoms with Gasteiger partial charge in [0.05, 0.1) is 11.1 Å². The minimum Gasteiger partial charge on any atom is -0.478 e. The van der Waals surface area contributed by atoms with Gasteiger partial charge in [-0.05, 0) is 40.1 Å². The second kappa shape index (κ2) is 5.53. The van der Waals surface area contributed by atoms with Crippen LogP contribution in [0.1, 0.15) is 20.7 Å². The number of aromatic carboxylic acids is 2. The van der Waals surface area contributed by atoms with Gasteiger partial charge in [0.25, 0.3) is 0 Å². The normalized spacial score (nSPS) is 10.7. The average Bonchev–Trinajstić information content (AvgIpc) is 2.53. The third kappa shape index (κ3) is 2.53. The highest BCUT2D eigenvalue weighted by Crippen LogP contribution is 2.33. The van der Waals surface area contributed by atoms with E-state index >= 15 is 0 Å². The Morgan fingerprint density at radius 3 is 2.26 bits per heavy atom. The van der Waals surface area contributed by atoms with E-state index in [1.54, 1.807) is 30.3 Å². The lowest BCUT2D eigenvalue weighted by Gasteiger charge is -2.12. The molecule has 23 heavy (non-hydrogen) atoms. The van der Waals surface area contributed by atoms with Gasteiger partial charge in [-0.25, -0.2) is 14.0 Å². The van der Waals surface area contributed by atoms with E-state index in [2.05, 4.69) is 0 Å². The highest BCUT2D eigenvalue weighted by Gasteiger charge is 2.20. The summed E-state index contributed by atoms with van der Waals surface area (Å²) in [6.07, 6.45) is 0. The van der Waals surface area contributed by atoms with Gasteiger partial charge in [-0.3, -0.25) is 0 Å². The maximum atomic E-state index is 13.6. The summed E-state index contributed by atoms with van der Waals surface area (Å²) in [5.74, 6) is -3.07. The largest absolute Gasteiger partial charge is 0.478 e. The van der Waals surface area contributed by atoms with Gasteiger partial charge >= 0.3 is 11.9 Å².